The van der Waals surface area contributed by atoms with Crippen LogP contribution in [0, 0.1) is 0 Å². The van der Waals surface area contributed by atoms with E-state index in [1.54, 1.807) is 11.3 Å². The molecule has 6 heteroatoms. The summed E-state index contributed by atoms with van der Waals surface area (Å²) in [7, 11) is 0. The van der Waals surface area contributed by atoms with E-state index in [1.807, 2.05) is 0 Å². The van der Waals surface area contributed by atoms with Crippen molar-refractivity contribution < 1.29 is 9.53 Å². The quantitative estimate of drug-likeness (QED) is 0.852. The summed E-state index contributed by atoms with van der Waals surface area (Å²) < 4.78 is 5.85. The monoisotopic (exact) mass is 276 g/mol. The second kappa shape index (κ2) is 3.86. The van der Waals surface area contributed by atoms with E-state index in [1.165, 1.54) is 4.88 Å². The molecule has 0 aromatic carbocycles. The van der Waals surface area contributed by atoms with Crippen LogP contribution in [0.4, 0.5) is 4.79 Å². The number of rotatable bonds is 1. The second-order valence-corrected chi connectivity index (χ2v) is 5.50. The van der Waals surface area contributed by atoms with Gasteiger partial charge in [0.1, 0.15) is 6.10 Å². The van der Waals surface area contributed by atoms with Crippen molar-refractivity contribution in [3.8, 4) is 0 Å². The number of thiazole rings is 1. The number of nitrogens with zero attached hydrogens (tertiary/aromatic N) is 1. The molecule has 0 unspecified atom stereocenters. The van der Waals surface area contributed by atoms with Gasteiger partial charge < -0.3 is 10.5 Å². The van der Waals surface area contributed by atoms with E-state index in [4.69, 9.17) is 10.5 Å². The van der Waals surface area contributed by atoms with E-state index < -0.39 is 6.09 Å². The summed E-state index contributed by atoms with van der Waals surface area (Å²) in [6.45, 7) is 0. The van der Waals surface area contributed by atoms with Crippen LogP contribution >= 0.6 is 27.3 Å². The predicted octanol–water partition coefficient (Wildman–Crippen LogP) is 1.86. The fourth-order valence-electron chi connectivity index (χ4n) is 1.58. The third-order valence-electron chi connectivity index (χ3n) is 2.15. The number of halogens is 1. The van der Waals surface area contributed by atoms with E-state index in [-0.39, 0.29) is 6.10 Å². The average molecular weight is 277 g/mol. The van der Waals surface area contributed by atoms with Crippen molar-refractivity contribution in [3.63, 3.8) is 0 Å². The van der Waals surface area contributed by atoms with E-state index >= 15 is 0 Å². The minimum Gasteiger partial charge on any atom is -0.446 e. The van der Waals surface area contributed by atoms with Crippen molar-refractivity contribution in [2.75, 3.05) is 0 Å². The van der Waals surface area contributed by atoms with Gasteiger partial charge >= 0.3 is 6.09 Å². The van der Waals surface area contributed by atoms with Gasteiger partial charge in [-0.2, -0.15) is 0 Å². The largest absolute Gasteiger partial charge is 0.446 e. The zero-order chi connectivity index (χ0) is 10.1. The summed E-state index contributed by atoms with van der Waals surface area (Å²) in [6.07, 6.45) is 1.64. The van der Waals surface area contributed by atoms with Gasteiger partial charge in [0.15, 0.2) is 3.92 Å². The molecule has 0 fully saturated rings. The fraction of sp³-hybridized carbons (Fsp3) is 0.500. The number of fused-ring (bicyclic) bond motifs is 1. The molecule has 1 atom stereocenters. The van der Waals surface area contributed by atoms with Gasteiger partial charge in [0.25, 0.3) is 0 Å². The van der Waals surface area contributed by atoms with E-state index in [9.17, 15) is 4.79 Å². The van der Waals surface area contributed by atoms with Gasteiger partial charge in [-0.15, -0.1) is 11.3 Å². The van der Waals surface area contributed by atoms with Crippen LogP contribution in [0.1, 0.15) is 17.0 Å². The lowest BCUT2D eigenvalue weighted by Crippen LogP contribution is -2.27. The number of amides is 1. The summed E-state index contributed by atoms with van der Waals surface area (Å²) in [5.74, 6) is 0. The highest BCUT2D eigenvalue weighted by Gasteiger charge is 2.24. The number of ether oxygens (including phenoxy) is 1. The highest BCUT2D eigenvalue weighted by atomic mass is 79.9. The maximum Gasteiger partial charge on any atom is 0.404 e. The Morgan fingerprint density at radius 2 is 2.50 bits per heavy atom. The number of aryl methyl sites for hydroxylation is 1. The van der Waals surface area contributed by atoms with Crippen LogP contribution in [-0.2, 0) is 17.6 Å². The summed E-state index contributed by atoms with van der Waals surface area (Å²) in [6, 6.07) is 0. The first kappa shape index (κ1) is 9.92. The van der Waals surface area contributed by atoms with Crippen LogP contribution in [0.15, 0.2) is 3.92 Å². The second-order valence-electron chi connectivity index (χ2n) is 3.14. The number of primary amides is 1. The summed E-state index contributed by atoms with van der Waals surface area (Å²) >= 11 is 4.93. The van der Waals surface area contributed by atoms with Gasteiger partial charge in [0, 0.05) is 11.3 Å². The lowest BCUT2D eigenvalue weighted by Gasteiger charge is -2.20. The van der Waals surface area contributed by atoms with Crippen molar-refractivity contribution in [2.24, 2.45) is 5.73 Å². The Morgan fingerprint density at radius 1 is 1.71 bits per heavy atom. The van der Waals surface area contributed by atoms with Crippen molar-refractivity contribution in [1.29, 1.82) is 0 Å². The van der Waals surface area contributed by atoms with Gasteiger partial charge in [0.05, 0.1) is 5.69 Å². The molecule has 1 amide bonds. The van der Waals surface area contributed by atoms with Crippen LogP contribution in [0.25, 0.3) is 0 Å². The summed E-state index contributed by atoms with van der Waals surface area (Å²) in [5, 5.41) is 0. The summed E-state index contributed by atoms with van der Waals surface area (Å²) in [4.78, 5) is 16.1. The number of carbonyl (C=O) groups excluding carboxylic acids is 1. The van der Waals surface area contributed by atoms with Crippen LogP contribution in [0.2, 0.25) is 0 Å². The van der Waals surface area contributed by atoms with Crippen LogP contribution in [0.3, 0.4) is 0 Å². The lowest BCUT2D eigenvalue weighted by molar-refractivity contribution is 0.0983. The molecule has 1 aliphatic rings. The Hall–Kier alpha value is -0.620. The molecule has 1 aliphatic carbocycles. The van der Waals surface area contributed by atoms with Gasteiger partial charge in [-0.25, -0.2) is 9.78 Å². The zero-order valence-corrected chi connectivity index (χ0v) is 9.73. The normalized spacial score (nSPS) is 20.2. The van der Waals surface area contributed by atoms with Gasteiger partial charge in [0.2, 0.25) is 0 Å². The van der Waals surface area contributed by atoms with Crippen LogP contribution < -0.4 is 5.73 Å². The third-order valence-corrected chi connectivity index (χ3v) is 3.72. The first-order valence-electron chi connectivity index (χ1n) is 4.25. The average Bonchev–Trinajstić information content (AvgIpc) is 2.42. The number of carbonyl (C=O) groups is 1. The minimum absolute atomic E-state index is 0.0765. The molecule has 1 heterocycles. The van der Waals surface area contributed by atoms with Gasteiger partial charge in [-0.1, -0.05) is 0 Å². The van der Waals surface area contributed by atoms with E-state index in [2.05, 4.69) is 20.9 Å². The molecule has 76 valence electrons. The maximum absolute atomic E-state index is 10.6. The van der Waals surface area contributed by atoms with Crippen molar-refractivity contribution in [3.05, 3.63) is 14.5 Å². The third kappa shape index (κ3) is 2.06. The Morgan fingerprint density at radius 3 is 3.21 bits per heavy atom. The Labute approximate surface area is 93.6 Å². The van der Waals surface area contributed by atoms with Crippen molar-refractivity contribution in [1.82, 2.24) is 4.98 Å². The molecule has 0 radical (unpaired) electrons. The van der Waals surface area contributed by atoms with Gasteiger partial charge in [-0.3, -0.25) is 0 Å². The topological polar surface area (TPSA) is 65.2 Å². The number of hydrogen-bond acceptors (Lipinski definition) is 4. The first-order chi connectivity index (χ1) is 6.65. The predicted molar refractivity (Wildman–Crippen MR) is 56.3 cm³/mol. The Balaban J connectivity index is 2.09. The first-order valence-corrected chi connectivity index (χ1v) is 5.86. The molecule has 14 heavy (non-hydrogen) atoms. The maximum atomic E-state index is 10.6. The molecule has 1 aromatic heterocycles. The molecule has 4 nitrogen and oxygen atoms in total. The molecule has 0 saturated heterocycles. The standard InChI is InChI=1S/C8H9BrN2O2S/c9-7-11-5-2-1-4(13-8(10)12)3-6(5)14-7/h4H,1-3H2,(H2,10,12)/t4-/m1/s1. The Bertz CT molecular complexity index is 366. The molecule has 2 rings (SSSR count). The molecule has 2 N–H and O–H groups in total. The molecule has 0 spiro atoms. The van der Waals surface area contributed by atoms with Gasteiger partial charge in [-0.05, 0) is 28.8 Å². The fourth-order valence-corrected chi connectivity index (χ4v) is 3.27. The van der Waals surface area contributed by atoms with Crippen molar-refractivity contribution in [2.45, 2.75) is 25.4 Å². The van der Waals surface area contributed by atoms with Crippen molar-refractivity contribution >= 4 is 33.4 Å². The zero-order valence-electron chi connectivity index (χ0n) is 7.33. The van der Waals surface area contributed by atoms with Crippen LogP contribution in [-0.4, -0.2) is 17.2 Å². The highest BCUT2D eigenvalue weighted by Crippen LogP contribution is 2.30. The lowest BCUT2D eigenvalue weighted by atomic mass is 10.0. The molecule has 0 bridgehead atoms. The van der Waals surface area contributed by atoms with E-state index in [0.717, 1.165) is 28.9 Å². The smallest absolute Gasteiger partial charge is 0.404 e. The molecule has 1 aromatic rings. The van der Waals surface area contributed by atoms with E-state index in [0.29, 0.717) is 0 Å². The molecule has 0 aliphatic heterocycles. The molecule has 0 saturated carbocycles. The molecular formula is C8H9BrN2O2S. The Kier molecular flexibility index (Phi) is 2.73. The molecular weight excluding hydrogens is 268 g/mol. The summed E-state index contributed by atoms with van der Waals surface area (Å²) in [5.41, 5.74) is 6.08. The van der Waals surface area contributed by atoms with Crippen LogP contribution in [0.5, 0.6) is 0 Å². The highest BCUT2D eigenvalue weighted by molar-refractivity contribution is 9.11. The number of aromatic nitrogens is 1. The number of nitrogens with two attached hydrogens (primary N) is 1. The number of hydrogen-bond donors (Lipinski definition) is 1. The minimum atomic E-state index is -0.693. The SMILES string of the molecule is NC(=O)O[C@@H]1CCc2nc(Br)sc2C1.